The van der Waals surface area contributed by atoms with Crippen molar-refractivity contribution in [2.45, 2.75) is 13.3 Å². The van der Waals surface area contributed by atoms with Gasteiger partial charge in [0.1, 0.15) is 11.3 Å². The number of aryl methyl sites for hydroxylation is 2. The summed E-state index contributed by atoms with van der Waals surface area (Å²) in [5, 5.41) is 11.3. The molecule has 122 valence electrons. The van der Waals surface area contributed by atoms with E-state index in [0.29, 0.717) is 5.13 Å². The van der Waals surface area contributed by atoms with Gasteiger partial charge in [-0.15, -0.1) is 10.2 Å². The molecule has 6 heteroatoms. The zero-order chi connectivity index (χ0) is 17.1. The largest absolute Gasteiger partial charge is 0.374 e. The third kappa shape index (κ3) is 3.00. The first kappa shape index (κ1) is 16.1. The number of carbonyl (C=O) groups is 1. The van der Waals surface area contributed by atoms with Crippen LogP contribution in [0.4, 0.5) is 5.13 Å². The number of benzene rings is 2. The maximum absolute atomic E-state index is 10.8. The summed E-state index contributed by atoms with van der Waals surface area (Å²) in [6.07, 6.45) is 1.82. The van der Waals surface area contributed by atoms with Gasteiger partial charge in [0.15, 0.2) is 0 Å². The molecule has 0 saturated heterocycles. The summed E-state index contributed by atoms with van der Waals surface area (Å²) in [6, 6.07) is 14.0. The monoisotopic (exact) mass is 338 g/mol. The highest BCUT2D eigenvalue weighted by atomic mass is 32.1. The van der Waals surface area contributed by atoms with Gasteiger partial charge in [-0.25, -0.2) is 0 Å². The molecular weight excluding hydrogens is 320 g/mol. The van der Waals surface area contributed by atoms with E-state index in [9.17, 15) is 4.79 Å². The lowest BCUT2D eigenvalue weighted by Crippen LogP contribution is -1.86. The molecule has 0 aliphatic rings. The van der Waals surface area contributed by atoms with E-state index >= 15 is 0 Å². The number of nitrogen functional groups attached to an aromatic ring is 1. The molecule has 4 rings (SSSR count). The van der Waals surface area contributed by atoms with Gasteiger partial charge in [-0.05, 0) is 30.7 Å². The first-order chi connectivity index (χ1) is 11.6. The summed E-state index contributed by atoms with van der Waals surface area (Å²) in [5.74, 6) is 0. The Hall–Kier alpha value is -2.73. The molecule has 0 unspecified atom stereocenters. The number of nitrogens with zero attached hydrogens (tertiary/aromatic N) is 3. The van der Waals surface area contributed by atoms with Crippen molar-refractivity contribution in [3.8, 4) is 0 Å². The van der Waals surface area contributed by atoms with E-state index < -0.39 is 0 Å². The molecule has 0 fully saturated rings. The fraction of sp³-hybridized carbons (Fsp3) is 0.167. The van der Waals surface area contributed by atoms with Gasteiger partial charge in [0.2, 0.25) is 5.13 Å². The summed E-state index contributed by atoms with van der Waals surface area (Å²) in [5.41, 5.74) is 8.38. The van der Waals surface area contributed by atoms with Crippen molar-refractivity contribution >= 4 is 44.6 Å². The zero-order valence-electron chi connectivity index (χ0n) is 13.6. The Morgan fingerprint density at radius 1 is 1.12 bits per heavy atom. The molecule has 0 radical (unpaired) electrons. The summed E-state index contributed by atoms with van der Waals surface area (Å²) >= 11 is 1.44. The zero-order valence-corrected chi connectivity index (χ0v) is 14.4. The second kappa shape index (κ2) is 6.80. The van der Waals surface area contributed by atoms with Crippen molar-refractivity contribution in [1.29, 1.82) is 0 Å². The van der Waals surface area contributed by atoms with E-state index in [2.05, 4.69) is 26.9 Å². The van der Waals surface area contributed by atoms with Crippen LogP contribution in [-0.2, 0) is 13.5 Å². The molecule has 0 aliphatic heterocycles. The number of carbonyl (C=O) groups excluding carboxylic acids is 1. The molecule has 2 heterocycles. The minimum Gasteiger partial charge on any atom is -0.374 e. The minimum atomic E-state index is 0.557. The lowest BCUT2D eigenvalue weighted by Gasteiger charge is -1.96. The minimum absolute atomic E-state index is 0.557. The number of rotatable bonds is 2. The maximum atomic E-state index is 10.8. The molecule has 0 spiro atoms. The lowest BCUT2D eigenvalue weighted by molar-refractivity contribution is 0.112. The van der Waals surface area contributed by atoms with Crippen molar-refractivity contribution in [2.24, 2.45) is 7.05 Å². The van der Waals surface area contributed by atoms with Crippen LogP contribution in [0.25, 0.3) is 21.8 Å². The first-order valence-corrected chi connectivity index (χ1v) is 8.46. The fourth-order valence-corrected chi connectivity index (χ4v) is 3.22. The summed E-state index contributed by atoms with van der Waals surface area (Å²) in [6.45, 7) is 2.03. The summed E-state index contributed by atoms with van der Waals surface area (Å²) < 4.78 is 2.15. The molecule has 0 bridgehead atoms. The second-order valence-electron chi connectivity index (χ2n) is 5.36. The Labute approximate surface area is 143 Å². The van der Waals surface area contributed by atoms with Gasteiger partial charge in [0.05, 0.1) is 0 Å². The highest BCUT2D eigenvalue weighted by molar-refractivity contribution is 7.15. The smallest absolute Gasteiger partial charge is 0.203 e. The highest BCUT2D eigenvalue weighted by Crippen LogP contribution is 2.28. The van der Waals surface area contributed by atoms with Crippen LogP contribution in [0.5, 0.6) is 0 Å². The topological polar surface area (TPSA) is 73.8 Å². The van der Waals surface area contributed by atoms with E-state index in [1.54, 1.807) is 0 Å². The van der Waals surface area contributed by atoms with Crippen molar-refractivity contribution < 1.29 is 4.79 Å². The molecule has 2 aromatic heterocycles. The van der Waals surface area contributed by atoms with Crippen LogP contribution in [0.15, 0.2) is 42.5 Å². The van der Waals surface area contributed by atoms with Crippen LogP contribution < -0.4 is 5.73 Å². The normalized spacial score (nSPS) is 10.6. The molecule has 0 amide bonds. The average molecular weight is 338 g/mol. The van der Waals surface area contributed by atoms with Crippen LogP contribution in [0.1, 0.15) is 22.3 Å². The van der Waals surface area contributed by atoms with Crippen molar-refractivity contribution in [1.82, 2.24) is 14.8 Å². The number of aromatic nitrogens is 3. The Kier molecular flexibility index (Phi) is 4.57. The molecule has 0 atom stereocenters. The fourth-order valence-electron chi connectivity index (χ4n) is 2.67. The van der Waals surface area contributed by atoms with Gasteiger partial charge >= 0.3 is 0 Å². The highest BCUT2D eigenvalue weighted by Gasteiger charge is 2.07. The lowest BCUT2D eigenvalue weighted by atomic mass is 10.1. The third-order valence-electron chi connectivity index (χ3n) is 3.86. The molecule has 5 nitrogen and oxygen atoms in total. The Balaban J connectivity index is 0.000000179. The number of para-hydroxylation sites is 1. The average Bonchev–Trinajstić information content (AvgIpc) is 3.17. The number of fused-ring (bicyclic) bond motifs is 3. The molecule has 2 aromatic carbocycles. The van der Waals surface area contributed by atoms with Crippen molar-refractivity contribution in [2.75, 3.05) is 5.73 Å². The van der Waals surface area contributed by atoms with E-state index in [1.165, 1.54) is 22.2 Å². The molecule has 2 N–H and O–H groups in total. The van der Waals surface area contributed by atoms with Gasteiger partial charge in [0, 0.05) is 34.4 Å². The summed E-state index contributed by atoms with van der Waals surface area (Å²) in [4.78, 5) is 10.8. The Bertz CT molecular complexity index is 1000. The van der Waals surface area contributed by atoms with Crippen LogP contribution >= 0.6 is 11.3 Å². The van der Waals surface area contributed by atoms with Crippen LogP contribution in [0.2, 0.25) is 0 Å². The van der Waals surface area contributed by atoms with Gasteiger partial charge in [-0.2, -0.15) is 0 Å². The van der Waals surface area contributed by atoms with Crippen LogP contribution in [0.3, 0.4) is 0 Å². The first-order valence-electron chi connectivity index (χ1n) is 7.64. The Morgan fingerprint density at radius 2 is 1.88 bits per heavy atom. The number of hydrogen-bond donors (Lipinski definition) is 1. The van der Waals surface area contributed by atoms with Crippen molar-refractivity contribution in [3.63, 3.8) is 0 Å². The maximum Gasteiger partial charge on any atom is 0.203 e. The SMILES string of the molecule is CCc1nnc(N)s1.Cn1c2ccccc2c2cc(C=O)ccc21. The number of hydrogen-bond acceptors (Lipinski definition) is 5. The predicted octanol–water partition coefficient (Wildman–Crippen LogP) is 3.83. The number of anilines is 1. The molecule has 0 saturated carbocycles. The van der Waals surface area contributed by atoms with Gasteiger partial charge in [-0.1, -0.05) is 36.5 Å². The van der Waals surface area contributed by atoms with E-state index in [1.807, 2.05) is 44.3 Å². The number of nitrogens with two attached hydrogens (primary N) is 1. The number of aldehydes is 1. The molecule has 24 heavy (non-hydrogen) atoms. The standard InChI is InChI=1S/C14H11NO.C4H7N3S/c1-15-13-5-3-2-4-11(13)12-8-10(9-16)6-7-14(12)15;1-2-3-6-7-4(5)8-3/h2-9H,1H3;2H2,1H3,(H2,5,7). The molecule has 0 aliphatic carbocycles. The quantitative estimate of drug-likeness (QED) is 0.564. The molecule has 4 aromatic rings. The van der Waals surface area contributed by atoms with Gasteiger partial charge in [0.25, 0.3) is 0 Å². The van der Waals surface area contributed by atoms with Gasteiger partial charge < -0.3 is 10.3 Å². The van der Waals surface area contributed by atoms with Crippen LogP contribution in [-0.4, -0.2) is 21.1 Å². The van der Waals surface area contributed by atoms with E-state index in [4.69, 9.17) is 5.73 Å². The Morgan fingerprint density at radius 3 is 2.50 bits per heavy atom. The second-order valence-corrected chi connectivity index (χ2v) is 6.45. The van der Waals surface area contributed by atoms with Crippen molar-refractivity contribution in [3.05, 3.63) is 53.0 Å². The van der Waals surface area contributed by atoms with E-state index in [0.717, 1.165) is 34.2 Å². The summed E-state index contributed by atoms with van der Waals surface area (Å²) in [7, 11) is 2.05. The third-order valence-corrected chi connectivity index (χ3v) is 4.76. The predicted molar refractivity (Wildman–Crippen MR) is 99.5 cm³/mol. The van der Waals surface area contributed by atoms with Crippen LogP contribution in [0, 0.1) is 0 Å². The molecular formula is C18H18N4OS. The van der Waals surface area contributed by atoms with E-state index in [-0.39, 0.29) is 0 Å². The van der Waals surface area contributed by atoms with Gasteiger partial charge in [-0.3, -0.25) is 4.79 Å².